The summed E-state index contributed by atoms with van der Waals surface area (Å²) < 4.78 is 0. The molecule has 0 aromatic heterocycles. The van der Waals surface area contributed by atoms with Crippen molar-refractivity contribution in [1.82, 2.24) is 5.32 Å². The fraction of sp³-hybridized carbons (Fsp3) is 0.417. The number of hydrogen-bond donors (Lipinski definition) is 2. The van der Waals surface area contributed by atoms with Gasteiger partial charge in [-0.25, -0.2) is 0 Å². The number of carbonyl (C=O) groups excluding carboxylic acids is 1. The summed E-state index contributed by atoms with van der Waals surface area (Å²) in [5.74, 6) is 0.0396. The van der Waals surface area contributed by atoms with Crippen LogP contribution in [-0.4, -0.2) is 24.2 Å². The predicted molar refractivity (Wildman–Crippen MR) is 59.4 cm³/mol. The van der Waals surface area contributed by atoms with Crippen LogP contribution >= 0.6 is 0 Å². The van der Waals surface area contributed by atoms with Crippen LogP contribution in [0, 0.1) is 5.92 Å². The second-order valence-electron chi connectivity index (χ2n) is 3.68. The van der Waals surface area contributed by atoms with Gasteiger partial charge in [0.25, 0.3) is 0 Å². The van der Waals surface area contributed by atoms with Gasteiger partial charge in [0.1, 0.15) is 0 Å². The van der Waals surface area contributed by atoms with Crippen LogP contribution in [-0.2, 0) is 11.2 Å². The molecule has 0 bridgehead atoms. The molecule has 1 amide bonds. The molecule has 1 aromatic rings. The zero-order valence-corrected chi connectivity index (χ0v) is 8.94. The van der Waals surface area contributed by atoms with E-state index in [1.165, 1.54) is 12.5 Å². The van der Waals surface area contributed by atoms with E-state index in [-0.39, 0.29) is 18.4 Å². The van der Waals surface area contributed by atoms with E-state index in [0.29, 0.717) is 6.54 Å². The van der Waals surface area contributed by atoms with Crippen LogP contribution in [0.4, 0.5) is 0 Å². The van der Waals surface area contributed by atoms with Crippen LogP contribution in [0.25, 0.3) is 0 Å². The SMILES string of the molecule is CC(=O)NC[C@H](CO)Cc1ccccc1. The number of nitrogens with one attached hydrogen (secondary N) is 1. The minimum atomic E-state index is -0.0542. The van der Waals surface area contributed by atoms with Crippen molar-refractivity contribution in [2.75, 3.05) is 13.2 Å². The molecule has 0 unspecified atom stereocenters. The third-order valence-corrected chi connectivity index (χ3v) is 2.27. The normalized spacial score (nSPS) is 12.1. The van der Waals surface area contributed by atoms with Gasteiger partial charge in [-0.05, 0) is 12.0 Å². The molecule has 15 heavy (non-hydrogen) atoms. The summed E-state index contributed by atoms with van der Waals surface area (Å²) in [6, 6.07) is 9.96. The Kier molecular flexibility index (Phi) is 4.84. The summed E-state index contributed by atoms with van der Waals surface area (Å²) in [7, 11) is 0. The van der Waals surface area contributed by atoms with Gasteiger partial charge in [0, 0.05) is 26.0 Å². The van der Waals surface area contributed by atoms with E-state index in [4.69, 9.17) is 5.11 Å². The molecule has 0 aliphatic heterocycles. The third kappa shape index (κ3) is 4.61. The van der Waals surface area contributed by atoms with Crippen molar-refractivity contribution in [3.05, 3.63) is 35.9 Å². The van der Waals surface area contributed by atoms with Crippen LogP contribution in [0.5, 0.6) is 0 Å². The number of benzene rings is 1. The minimum absolute atomic E-state index is 0.0542. The fourth-order valence-electron chi connectivity index (χ4n) is 1.44. The molecule has 0 spiro atoms. The van der Waals surface area contributed by atoms with Gasteiger partial charge in [-0.3, -0.25) is 4.79 Å². The van der Waals surface area contributed by atoms with Crippen LogP contribution in [0.3, 0.4) is 0 Å². The number of aliphatic hydroxyl groups is 1. The van der Waals surface area contributed by atoms with Crippen molar-refractivity contribution in [1.29, 1.82) is 0 Å². The molecule has 82 valence electrons. The molecule has 3 heteroatoms. The van der Waals surface area contributed by atoms with E-state index in [0.717, 1.165) is 6.42 Å². The largest absolute Gasteiger partial charge is 0.396 e. The Labute approximate surface area is 90.1 Å². The van der Waals surface area contributed by atoms with Gasteiger partial charge in [0.15, 0.2) is 0 Å². The summed E-state index contributed by atoms with van der Waals surface area (Å²) in [4.78, 5) is 10.7. The van der Waals surface area contributed by atoms with Crippen molar-refractivity contribution in [2.45, 2.75) is 13.3 Å². The van der Waals surface area contributed by atoms with E-state index >= 15 is 0 Å². The van der Waals surface area contributed by atoms with E-state index in [2.05, 4.69) is 5.32 Å². The average Bonchev–Trinajstić information content (AvgIpc) is 2.25. The van der Waals surface area contributed by atoms with Crippen LogP contribution in [0.1, 0.15) is 12.5 Å². The summed E-state index contributed by atoms with van der Waals surface area (Å²) in [5.41, 5.74) is 1.18. The molecule has 1 atom stereocenters. The molecule has 0 aliphatic carbocycles. The maximum Gasteiger partial charge on any atom is 0.216 e. The lowest BCUT2D eigenvalue weighted by Crippen LogP contribution is -2.30. The Morgan fingerprint density at radius 2 is 2.07 bits per heavy atom. The number of hydrogen-bond acceptors (Lipinski definition) is 2. The Morgan fingerprint density at radius 1 is 1.40 bits per heavy atom. The highest BCUT2D eigenvalue weighted by Gasteiger charge is 2.08. The molecule has 3 nitrogen and oxygen atoms in total. The molecule has 2 N–H and O–H groups in total. The van der Waals surface area contributed by atoms with E-state index < -0.39 is 0 Å². The topological polar surface area (TPSA) is 49.3 Å². The molecule has 0 fully saturated rings. The third-order valence-electron chi connectivity index (χ3n) is 2.27. The zero-order chi connectivity index (χ0) is 11.1. The first kappa shape index (κ1) is 11.7. The molecule has 1 aromatic carbocycles. The molecule has 0 saturated heterocycles. The van der Waals surface area contributed by atoms with Crippen molar-refractivity contribution < 1.29 is 9.90 Å². The van der Waals surface area contributed by atoms with Crippen LogP contribution < -0.4 is 5.32 Å². The lowest BCUT2D eigenvalue weighted by Gasteiger charge is -2.14. The maximum atomic E-state index is 10.7. The second kappa shape index (κ2) is 6.19. The maximum absolute atomic E-state index is 10.7. The number of carbonyl (C=O) groups is 1. The lowest BCUT2D eigenvalue weighted by atomic mass is 10.0. The first-order chi connectivity index (χ1) is 7.22. The minimum Gasteiger partial charge on any atom is -0.396 e. The summed E-state index contributed by atoms with van der Waals surface area (Å²) >= 11 is 0. The van der Waals surface area contributed by atoms with Gasteiger partial charge in [-0.1, -0.05) is 30.3 Å². The van der Waals surface area contributed by atoms with E-state index in [9.17, 15) is 4.79 Å². The summed E-state index contributed by atoms with van der Waals surface area (Å²) in [5, 5.41) is 11.9. The van der Waals surface area contributed by atoms with Gasteiger partial charge in [0.2, 0.25) is 5.91 Å². The van der Waals surface area contributed by atoms with Gasteiger partial charge in [-0.15, -0.1) is 0 Å². The molecule has 0 radical (unpaired) electrons. The van der Waals surface area contributed by atoms with Crippen molar-refractivity contribution >= 4 is 5.91 Å². The highest BCUT2D eigenvalue weighted by Crippen LogP contribution is 2.07. The quantitative estimate of drug-likeness (QED) is 0.756. The Hall–Kier alpha value is -1.35. The van der Waals surface area contributed by atoms with Gasteiger partial charge < -0.3 is 10.4 Å². The fourth-order valence-corrected chi connectivity index (χ4v) is 1.44. The second-order valence-corrected chi connectivity index (χ2v) is 3.68. The highest BCUT2D eigenvalue weighted by atomic mass is 16.3. The van der Waals surface area contributed by atoms with Crippen LogP contribution in [0.15, 0.2) is 30.3 Å². The Balaban J connectivity index is 2.43. The molecular formula is C12H17NO2. The first-order valence-corrected chi connectivity index (χ1v) is 5.11. The average molecular weight is 207 g/mol. The predicted octanol–water partition coefficient (Wildman–Crippen LogP) is 0.974. The van der Waals surface area contributed by atoms with Gasteiger partial charge >= 0.3 is 0 Å². The molecule has 0 saturated carbocycles. The highest BCUT2D eigenvalue weighted by molar-refractivity contribution is 5.72. The first-order valence-electron chi connectivity index (χ1n) is 5.11. The number of rotatable bonds is 5. The summed E-state index contributed by atoms with van der Waals surface area (Å²) in [6.07, 6.45) is 0.789. The standard InChI is InChI=1S/C12H17NO2/c1-10(15)13-8-12(9-14)7-11-5-3-2-4-6-11/h2-6,12,14H,7-9H2,1H3,(H,13,15)/t12-/m1/s1. The van der Waals surface area contributed by atoms with Gasteiger partial charge in [-0.2, -0.15) is 0 Å². The van der Waals surface area contributed by atoms with E-state index in [1.54, 1.807) is 0 Å². The Bertz CT molecular complexity index is 298. The molecule has 1 rings (SSSR count). The monoisotopic (exact) mass is 207 g/mol. The summed E-state index contributed by atoms with van der Waals surface area (Å²) in [6.45, 7) is 2.10. The van der Waals surface area contributed by atoms with Crippen molar-refractivity contribution in [3.8, 4) is 0 Å². The molecule has 0 heterocycles. The van der Waals surface area contributed by atoms with Gasteiger partial charge in [0.05, 0.1) is 0 Å². The van der Waals surface area contributed by atoms with Crippen molar-refractivity contribution in [3.63, 3.8) is 0 Å². The smallest absolute Gasteiger partial charge is 0.216 e. The Morgan fingerprint density at radius 3 is 2.60 bits per heavy atom. The zero-order valence-electron chi connectivity index (χ0n) is 8.94. The molecule has 0 aliphatic rings. The van der Waals surface area contributed by atoms with Crippen molar-refractivity contribution in [2.24, 2.45) is 5.92 Å². The molecular weight excluding hydrogens is 190 g/mol. The van der Waals surface area contributed by atoms with E-state index in [1.807, 2.05) is 30.3 Å². The lowest BCUT2D eigenvalue weighted by molar-refractivity contribution is -0.119. The number of aliphatic hydroxyl groups excluding tert-OH is 1. The number of amides is 1. The van der Waals surface area contributed by atoms with Crippen LogP contribution in [0.2, 0.25) is 0 Å².